The minimum absolute atomic E-state index is 0.00639. The van der Waals surface area contributed by atoms with E-state index in [2.05, 4.69) is 4.72 Å². The van der Waals surface area contributed by atoms with E-state index in [1.807, 2.05) is 0 Å². The quantitative estimate of drug-likeness (QED) is 0.620. The van der Waals surface area contributed by atoms with Crippen LogP contribution in [0.2, 0.25) is 0 Å². The average Bonchev–Trinajstić information content (AvgIpc) is 2.99. The Morgan fingerprint density at radius 2 is 1.80 bits per heavy atom. The molecule has 2 aromatic carbocycles. The van der Waals surface area contributed by atoms with Gasteiger partial charge in [-0.25, -0.2) is 17.9 Å². The maximum absolute atomic E-state index is 12.2. The van der Waals surface area contributed by atoms with Gasteiger partial charge in [0.2, 0.25) is 15.8 Å². The maximum atomic E-state index is 12.2. The van der Waals surface area contributed by atoms with E-state index in [-0.39, 0.29) is 22.9 Å². The molecule has 0 atom stereocenters. The number of nitrogens with one attached hydrogen (secondary N) is 1. The van der Waals surface area contributed by atoms with Gasteiger partial charge in [-0.1, -0.05) is 6.07 Å². The van der Waals surface area contributed by atoms with Gasteiger partial charge in [0.25, 0.3) is 0 Å². The summed E-state index contributed by atoms with van der Waals surface area (Å²) in [5.74, 6) is -1.28. The van der Waals surface area contributed by atoms with E-state index in [9.17, 15) is 18.3 Å². The van der Waals surface area contributed by atoms with Gasteiger partial charge >= 0.3 is 5.97 Å². The van der Waals surface area contributed by atoms with Crippen LogP contribution in [-0.2, 0) is 16.4 Å². The molecule has 8 heteroatoms. The fourth-order valence-corrected chi connectivity index (χ4v) is 3.42. The zero-order valence-corrected chi connectivity index (χ0v) is 13.8. The van der Waals surface area contributed by atoms with Crippen molar-refractivity contribution in [2.75, 3.05) is 6.54 Å². The maximum Gasteiger partial charge on any atom is 0.371 e. The SMILES string of the molecule is O=C(O)c1cc2cc(CCNS(=O)(=O)c3ccc(O)cc3)ccc2o1. The molecule has 0 unspecified atom stereocenters. The predicted octanol–water partition coefficient (Wildman–Crippen LogP) is 2.36. The van der Waals surface area contributed by atoms with E-state index >= 15 is 0 Å². The van der Waals surface area contributed by atoms with Gasteiger partial charge in [0.05, 0.1) is 4.90 Å². The van der Waals surface area contributed by atoms with Gasteiger partial charge in [-0.15, -0.1) is 0 Å². The van der Waals surface area contributed by atoms with Crippen molar-refractivity contribution < 1.29 is 27.8 Å². The van der Waals surface area contributed by atoms with Gasteiger partial charge < -0.3 is 14.6 Å². The summed E-state index contributed by atoms with van der Waals surface area (Å²) < 4.78 is 32.0. The van der Waals surface area contributed by atoms with Gasteiger partial charge in [0.15, 0.2) is 0 Å². The second-order valence-electron chi connectivity index (χ2n) is 5.43. The summed E-state index contributed by atoms with van der Waals surface area (Å²) in [7, 11) is -3.65. The van der Waals surface area contributed by atoms with E-state index in [0.717, 1.165) is 5.56 Å². The van der Waals surface area contributed by atoms with Crippen LogP contribution in [0.25, 0.3) is 11.0 Å². The molecule has 0 fully saturated rings. The van der Waals surface area contributed by atoms with E-state index in [0.29, 0.717) is 17.4 Å². The Morgan fingerprint density at radius 1 is 1.08 bits per heavy atom. The number of furan rings is 1. The lowest BCUT2D eigenvalue weighted by Gasteiger charge is -2.07. The summed E-state index contributed by atoms with van der Waals surface area (Å²) in [6.07, 6.45) is 0.431. The van der Waals surface area contributed by atoms with Gasteiger partial charge in [0.1, 0.15) is 11.3 Å². The van der Waals surface area contributed by atoms with Crippen molar-refractivity contribution in [3.05, 3.63) is 59.9 Å². The summed E-state index contributed by atoms with van der Waals surface area (Å²) in [4.78, 5) is 11.0. The Hall–Kier alpha value is -2.84. The molecule has 1 heterocycles. The largest absolute Gasteiger partial charge is 0.508 e. The van der Waals surface area contributed by atoms with Crippen molar-refractivity contribution in [2.45, 2.75) is 11.3 Å². The number of phenols is 1. The normalized spacial score (nSPS) is 11.7. The standard InChI is InChI=1S/C17H15NO6S/c19-13-2-4-14(5-3-13)25(22,23)18-8-7-11-1-6-15-12(9-11)10-16(24-15)17(20)21/h1-6,9-10,18-19H,7-8H2,(H,20,21). The summed E-state index contributed by atoms with van der Waals surface area (Å²) in [5, 5.41) is 18.8. The molecule has 3 rings (SSSR count). The number of hydrogen-bond donors (Lipinski definition) is 3. The molecule has 3 aromatic rings. The third-order valence-corrected chi connectivity index (χ3v) is 5.12. The summed E-state index contributed by atoms with van der Waals surface area (Å²) in [6, 6.07) is 11.9. The Morgan fingerprint density at radius 3 is 2.48 bits per heavy atom. The lowest BCUT2D eigenvalue weighted by atomic mass is 10.1. The van der Waals surface area contributed by atoms with Gasteiger partial charge in [0, 0.05) is 11.9 Å². The molecule has 3 N–H and O–H groups in total. The Bertz CT molecular complexity index is 1020. The third kappa shape index (κ3) is 3.81. The molecule has 0 saturated carbocycles. The van der Waals surface area contributed by atoms with Crippen LogP contribution in [0.1, 0.15) is 16.1 Å². The highest BCUT2D eigenvalue weighted by Crippen LogP contribution is 2.21. The number of sulfonamides is 1. The molecule has 7 nitrogen and oxygen atoms in total. The Balaban J connectivity index is 1.68. The van der Waals surface area contributed by atoms with Crippen molar-refractivity contribution in [2.24, 2.45) is 0 Å². The molecule has 0 spiro atoms. The topological polar surface area (TPSA) is 117 Å². The number of benzene rings is 2. The van der Waals surface area contributed by atoms with E-state index in [1.165, 1.54) is 30.3 Å². The molecule has 130 valence electrons. The van der Waals surface area contributed by atoms with Crippen LogP contribution in [0, 0.1) is 0 Å². The first-order chi connectivity index (χ1) is 11.8. The van der Waals surface area contributed by atoms with E-state index in [1.54, 1.807) is 18.2 Å². The van der Waals surface area contributed by atoms with Crippen LogP contribution in [0.3, 0.4) is 0 Å². The number of carboxylic acid groups (broad SMARTS) is 1. The molecule has 0 saturated heterocycles. The van der Waals surface area contributed by atoms with Crippen LogP contribution in [0.4, 0.5) is 0 Å². The monoisotopic (exact) mass is 361 g/mol. The minimum atomic E-state index is -3.65. The highest BCUT2D eigenvalue weighted by molar-refractivity contribution is 7.89. The molecular formula is C17H15NO6S. The predicted molar refractivity (Wildman–Crippen MR) is 90.2 cm³/mol. The summed E-state index contributed by atoms with van der Waals surface area (Å²) in [5.41, 5.74) is 1.31. The van der Waals surface area contributed by atoms with Crippen molar-refractivity contribution >= 4 is 27.0 Å². The van der Waals surface area contributed by atoms with Gasteiger partial charge in [-0.3, -0.25) is 0 Å². The lowest BCUT2D eigenvalue weighted by molar-refractivity contribution is 0.0665. The Labute approximate surface area is 143 Å². The fraction of sp³-hybridized carbons (Fsp3) is 0.118. The van der Waals surface area contributed by atoms with Crippen LogP contribution in [-0.4, -0.2) is 31.1 Å². The van der Waals surface area contributed by atoms with Crippen LogP contribution in [0.5, 0.6) is 5.75 Å². The zero-order chi connectivity index (χ0) is 18.0. The molecule has 0 radical (unpaired) electrons. The Kier molecular flexibility index (Phi) is 4.47. The summed E-state index contributed by atoms with van der Waals surface area (Å²) in [6.45, 7) is 0.179. The number of phenolic OH excluding ortho intramolecular Hbond substituents is 1. The highest BCUT2D eigenvalue weighted by atomic mass is 32.2. The van der Waals surface area contributed by atoms with Crippen molar-refractivity contribution in [3.8, 4) is 5.75 Å². The molecule has 0 bridgehead atoms. The van der Waals surface area contributed by atoms with Crippen molar-refractivity contribution in [1.29, 1.82) is 0 Å². The number of carbonyl (C=O) groups is 1. The average molecular weight is 361 g/mol. The first-order valence-corrected chi connectivity index (χ1v) is 8.88. The van der Waals surface area contributed by atoms with E-state index < -0.39 is 16.0 Å². The highest BCUT2D eigenvalue weighted by Gasteiger charge is 2.14. The molecule has 0 amide bonds. The molecule has 0 aliphatic rings. The zero-order valence-electron chi connectivity index (χ0n) is 13.0. The van der Waals surface area contributed by atoms with Gasteiger partial charge in [-0.05, 0) is 54.4 Å². The second-order valence-corrected chi connectivity index (χ2v) is 7.20. The van der Waals surface area contributed by atoms with Crippen molar-refractivity contribution in [1.82, 2.24) is 4.72 Å². The fourth-order valence-electron chi connectivity index (χ4n) is 2.39. The van der Waals surface area contributed by atoms with E-state index in [4.69, 9.17) is 9.52 Å². The molecule has 25 heavy (non-hydrogen) atoms. The minimum Gasteiger partial charge on any atom is -0.508 e. The molecule has 1 aromatic heterocycles. The molecule has 0 aliphatic carbocycles. The number of hydrogen-bond acceptors (Lipinski definition) is 5. The van der Waals surface area contributed by atoms with Crippen LogP contribution >= 0.6 is 0 Å². The first kappa shape index (κ1) is 17.0. The number of aromatic hydroxyl groups is 1. The molecular weight excluding hydrogens is 346 g/mol. The number of fused-ring (bicyclic) bond motifs is 1. The van der Waals surface area contributed by atoms with Crippen LogP contribution < -0.4 is 4.72 Å². The van der Waals surface area contributed by atoms with Crippen molar-refractivity contribution in [3.63, 3.8) is 0 Å². The number of carboxylic acids is 1. The number of aromatic carboxylic acids is 1. The number of rotatable bonds is 6. The van der Waals surface area contributed by atoms with Crippen LogP contribution in [0.15, 0.2) is 57.8 Å². The smallest absolute Gasteiger partial charge is 0.371 e. The molecule has 0 aliphatic heterocycles. The van der Waals surface area contributed by atoms with Gasteiger partial charge in [-0.2, -0.15) is 0 Å². The second kappa shape index (κ2) is 6.58. The third-order valence-electron chi connectivity index (χ3n) is 3.64. The first-order valence-electron chi connectivity index (χ1n) is 7.40. The summed E-state index contributed by atoms with van der Waals surface area (Å²) >= 11 is 0. The lowest BCUT2D eigenvalue weighted by Crippen LogP contribution is -2.25.